The zero-order chi connectivity index (χ0) is 21.8. The van der Waals surface area contributed by atoms with Crippen molar-refractivity contribution in [2.45, 2.75) is 12.5 Å². The predicted octanol–water partition coefficient (Wildman–Crippen LogP) is 2.75. The van der Waals surface area contributed by atoms with Gasteiger partial charge >= 0.3 is 0 Å². The van der Waals surface area contributed by atoms with Gasteiger partial charge in [0.1, 0.15) is 18.4 Å². The highest BCUT2D eigenvalue weighted by atomic mass is 32.2. The van der Waals surface area contributed by atoms with Crippen LogP contribution in [-0.4, -0.2) is 57.2 Å². The van der Waals surface area contributed by atoms with E-state index in [1.165, 1.54) is 7.11 Å². The summed E-state index contributed by atoms with van der Waals surface area (Å²) in [4.78, 5) is 25.3. The SMILES string of the molecule is COc1ccccc1OCCNC(=O)[C@@H](CCSC)NC(=O)c1ccccc1OC. The molecule has 0 aliphatic carbocycles. The van der Waals surface area contributed by atoms with Crippen LogP contribution in [0.5, 0.6) is 17.2 Å². The molecule has 0 saturated heterocycles. The lowest BCUT2D eigenvalue weighted by Gasteiger charge is -2.19. The Bertz CT molecular complexity index is 831. The molecule has 0 aliphatic heterocycles. The lowest BCUT2D eigenvalue weighted by molar-refractivity contribution is -0.123. The Hall–Kier alpha value is -2.87. The second kappa shape index (κ2) is 12.6. The summed E-state index contributed by atoms with van der Waals surface area (Å²) in [5, 5.41) is 5.64. The van der Waals surface area contributed by atoms with Crippen molar-refractivity contribution < 1.29 is 23.8 Å². The van der Waals surface area contributed by atoms with Crippen LogP contribution < -0.4 is 24.8 Å². The number of methoxy groups -OCH3 is 2. The summed E-state index contributed by atoms with van der Waals surface area (Å²) < 4.78 is 16.1. The minimum atomic E-state index is -0.652. The number of amides is 2. The number of nitrogens with one attached hydrogen (secondary N) is 2. The Morgan fingerprint density at radius 1 is 0.967 bits per heavy atom. The van der Waals surface area contributed by atoms with Crippen LogP contribution in [0.15, 0.2) is 48.5 Å². The summed E-state index contributed by atoms with van der Waals surface area (Å²) >= 11 is 1.61. The third kappa shape index (κ3) is 6.88. The number of ether oxygens (including phenoxy) is 3. The quantitative estimate of drug-likeness (QED) is 0.502. The van der Waals surface area contributed by atoms with Gasteiger partial charge in [-0.05, 0) is 42.7 Å². The first-order chi connectivity index (χ1) is 14.6. The van der Waals surface area contributed by atoms with E-state index in [1.807, 2.05) is 18.4 Å². The molecule has 7 nitrogen and oxygen atoms in total. The van der Waals surface area contributed by atoms with Crippen molar-refractivity contribution in [2.24, 2.45) is 0 Å². The Morgan fingerprint density at radius 2 is 1.60 bits per heavy atom. The van der Waals surface area contributed by atoms with Crippen LogP contribution >= 0.6 is 11.8 Å². The number of carbonyl (C=O) groups excluding carboxylic acids is 2. The van der Waals surface area contributed by atoms with E-state index in [-0.39, 0.29) is 18.4 Å². The van der Waals surface area contributed by atoms with Crippen LogP contribution in [0.4, 0.5) is 0 Å². The monoisotopic (exact) mass is 432 g/mol. The molecule has 0 spiro atoms. The smallest absolute Gasteiger partial charge is 0.255 e. The molecule has 2 rings (SSSR count). The molecule has 0 fully saturated rings. The van der Waals surface area contributed by atoms with E-state index in [0.717, 1.165) is 5.75 Å². The van der Waals surface area contributed by atoms with Gasteiger partial charge in [-0.15, -0.1) is 0 Å². The molecule has 2 aromatic carbocycles. The van der Waals surface area contributed by atoms with E-state index in [2.05, 4.69) is 10.6 Å². The van der Waals surface area contributed by atoms with Crippen LogP contribution in [0, 0.1) is 0 Å². The molecule has 30 heavy (non-hydrogen) atoms. The van der Waals surface area contributed by atoms with E-state index in [1.54, 1.807) is 55.3 Å². The number of hydrogen-bond acceptors (Lipinski definition) is 6. The lowest BCUT2D eigenvalue weighted by atomic mass is 10.1. The molecular formula is C22H28N2O5S. The lowest BCUT2D eigenvalue weighted by Crippen LogP contribution is -2.48. The first kappa shape index (κ1) is 23.4. The molecule has 0 radical (unpaired) electrons. The van der Waals surface area contributed by atoms with Gasteiger partial charge in [-0.2, -0.15) is 11.8 Å². The number of carbonyl (C=O) groups is 2. The fraction of sp³-hybridized carbons (Fsp3) is 0.364. The van der Waals surface area contributed by atoms with Crippen LogP contribution in [0.25, 0.3) is 0 Å². The van der Waals surface area contributed by atoms with Gasteiger partial charge in [-0.1, -0.05) is 24.3 Å². The van der Waals surface area contributed by atoms with Gasteiger partial charge in [0.15, 0.2) is 11.5 Å². The summed E-state index contributed by atoms with van der Waals surface area (Å²) in [6, 6.07) is 13.6. The predicted molar refractivity (Wildman–Crippen MR) is 119 cm³/mol. The van der Waals surface area contributed by atoms with Crippen LogP contribution in [-0.2, 0) is 4.79 Å². The zero-order valence-corrected chi connectivity index (χ0v) is 18.3. The third-order valence-electron chi connectivity index (χ3n) is 4.31. The van der Waals surface area contributed by atoms with Crippen molar-refractivity contribution in [1.29, 1.82) is 0 Å². The standard InChI is InChI=1S/C22H28N2O5S/c1-27-18-9-5-4-8-16(18)21(25)24-17(12-15-30-3)22(26)23-13-14-29-20-11-7-6-10-19(20)28-2/h4-11,17H,12-15H2,1-3H3,(H,23,26)(H,24,25)/t17-/m1/s1. The maximum absolute atomic E-state index is 12.7. The second-order valence-electron chi connectivity index (χ2n) is 6.30. The maximum atomic E-state index is 12.7. The molecule has 0 saturated carbocycles. The molecule has 0 heterocycles. The largest absolute Gasteiger partial charge is 0.496 e. The van der Waals surface area contributed by atoms with Gasteiger partial charge in [0.2, 0.25) is 5.91 Å². The third-order valence-corrected chi connectivity index (χ3v) is 4.96. The van der Waals surface area contributed by atoms with E-state index < -0.39 is 6.04 Å². The summed E-state index contributed by atoms with van der Waals surface area (Å²) in [5.41, 5.74) is 0.390. The molecule has 8 heteroatoms. The zero-order valence-electron chi connectivity index (χ0n) is 17.5. The molecule has 1 atom stereocenters. The van der Waals surface area contributed by atoms with Gasteiger partial charge in [0.05, 0.1) is 26.3 Å². The molecule has 2 amide bonds. The van der Waals surface area contributed by atoms with Crippen LogP contribution in [0.1, 0.15) is 16.8 Å². The fourth-order valence-corrected chi connectivity index (χ4v) is 3.24. The Labute approximate surface area is 181 Å². The topological polar surface area (TPSA) is 85.9 Å². The minimum absolute atomic E-state index is 0.254. The number of benzene rings is 2. The van der Waals surface area contributed by atoms with Crippen molar-refractivity contribution >= 4 is 23.6 Å². The average Bonchev–Trinajstić information content (AvgIpc) is 2.79. The molecule has 2 aromatic rings. The van der Waals surface area contributed by atoms with Gasteiger partial charge in [-0.3, -0.25) is 9.59 Å². The molecule has 0 unspecified atom stereocenters. The summed E-state index contributed by atoms with van der Waals surface area (Å²) in [5.74, 6) is 1.84. The van der Waals surface area contributed by atoms with Crippen molar-refractivity contribution in [3.63, 3.8) is 0 Å². The Balaban J connectivity index is 1.92. The molecule has 0 bridgehead atoms. The van der Waals surface area contributed by atoms with E-state index in [4.69, 9.17) is 14.2 Å². The number of thioether (sulfide) groups is 1. The van der Waals surface area contributed by atoms with Crippen molar-refractivity contribution in [1.82, 2.24) is 10.6 Å². The summed E-state index contributed by atoms with van der Waals surface area (Å²) in [6.07, 6.45) is 2.47. The normalized spacial score (nSPS) is 11.3. The number of rotatable bonds is 12. The number of hydrogen-bond donors (Lipinski definition) is 2. The fourth-order valence-electron chi connectivity index (χ4n) is 2.77. The van der Waals surface area contributed by atoms with Crippen molar-refractivity contribution in [3.8, 4) is 17.2 Å². The van der Waals surface area contributed by atoms with Crippen LogP contribution in [0.2, 0.25) is 0 Å². The minimum Gasteiger partial charge on any atom is -0.496 e. The van der Waals surface area contributed by atoms with E-state index in [0.29, 0.717) is 35.8 Å². The highest BCUT2D eigenvalue weighted by molar-refractivity contribution is 7.98. The van der Waals surface area contributed by atoms with Crippen molar-refractivity contribution in [2.75, 3.05) is 39.4 Å². The Morgan fingerprint density at radius 3 is 2.27 bits per heavy atom. The highest BCUT2D eigenvalue weighted by Gasteiger charge is 2.22. The van der Waals surface area contributed by atoms with E-state index in [9.17, 15) is 9.59 Å². The van der Waals surface area contributed by atoms with Gasteiger partial charge in [0.25, 0.3) is 5.91 Å². The van der Waals surface area contributed by atoms with Gasteiger partial charge < -0.3 is 24.8 Å². The summed E-state index contributed by atoms with van der Waals surface area (Å²) in [6.45, 7) is 0.582. The maximum Gasteiger partial charge on any atom is 0.255 e. The van der Waals surface area contributed by atoms with Gasteiger partial charge in [-0.25, -0.2) is 0 Å². The molecule has 2 N–H and O–H groups in total. The number of para-hydroxylation sites is 3. The first-order valence-corrected chi connectivity index (χ1v) is 11.0. The molecule has 0 aromatic heterocycles. The molecular weight excluding hydrogens is 404 g/mol. The van der Waals surface area contributed by atoms with Crippen LogP contribution in [0.3, 0.4) is 0 Å². The highest BCUT2D eigenvalue weighted by Crippen LogP contribution is 2.25. The van der Waals surface area contributed by atoms with Gasteiger partial charge in [0, 0.05) is 0 Å². The Kier molecular flexibility index (Phi) is 9.86. The average molecular weight is 433 g/mol. The summed E-state index contributed by atoms with van der Waals surface area (Å²) in [7, 11) is 3.08. The molecule has 162 valence electrons. The van der Waals surface area contributed by atoms with Crippen molar-refractivity contribution in [3.05, 3.63) is 54.1 Å². The van der Waals surface area contributed by atoms with E-state index >= 15 is 0 Å². The second-order valence-corrected chi connectivity index (χ2v) is 7.28. The molecule has 0 aliphatic rings. The first-order valence-electron chi connectivity index (χ1n) is 9.57.